The van der Waals surface area contributed by atoms with Crippen LogP contribution >= 0.6 is 0 Å². The van der Waals surface area contributed by atoms with E-state index < -0.39 is 5.54 Å². The molecule has 0 spiro atoms. The summed E-state index contributed by atoms with van der Waals surface area (Å²) in [5.41, 5.74) is 7.84. The Kier molecular flexibility index (Phi) is 3.48. The standard InChI is InChI=1S/C14H20N2O/c1-2-11-6-3-4-7-12(11)10-16-13(17)14(15)8-5-9-14/h3-4,6-7H,2,5,8-10,15H2,1H3,(H,16,17). The van der Waals surface area contributed by atoms with Gasteiger partial charge in [0.15, 0.2) is 0 Å². The van der Waals surface area contributed by atoms with Crippen LogP contribution in [0.1, 0.15) is 37.3 Å². The molecule has 1 aromatic carbocycles. The molecular formula is C14H20N2O. The van der Waals surface area contributed by atoms with Gasteiger partial charge in [-0.05, 0) is 36.8 Å². The van der Waals surface area contributed by atoms with Gasteiger partial charge in [-0.15, -0.1) is 0 Å². The van der Waals surface area contributed by atoms with Crippen molar-refractivity contribution in [2.45, 2.75) is 44.7 Å². The van der Waals surface area contributed by atoms with E-state index in [0.717, 1.165) is 25.7 Å². The molecule has 0 atom stereocenters. The van der Waals surface area contributed by atoms with E-state index in [1.165, 1.54) is 11.1 Å². The van der Waals surface area contributed by atoms with Crippen molar-refractivity contribution in [1.82, 2.24) is 5.32 Å². The number of hydrogen-bond acceptors (Lipinski definition) is 2. The fourth-order valence-corrected chi connectivity index (χ4v) is 2.21. The van der Waals surface area contributed by atoms with Gasteiger partial charge in [-0.1, -0.05) is 31.2 Å². The van der Waals surface area contributed by atoms with Crippen LogP contribution in [0.15, 0.2) is 24.3 Å². The van der Waals surface area contributed by atoms with Crippen LogP contribution in [0.25, 0.3) is 0 Å². The zero-order chi connectivity index (χ0) is 12.3. The van der Waals surface area contributed by atoms with Gasteiger partial charge >= 0.3 is 0 Å². The molecule has 3 nitrogen and oxygen atoms in total. The van der Waals surface area contributed by atoms with Crippen molar-refractivity contribution in [3.63, 3.8) is 0 Å². The molecule has 1 saturated carbocycles. The van der Waals surface area contributed by atoms with Gasteiger partial charge in [0.1, 0.15) is 0 Å². The fraction of sp³-hybridized carbons (Fsp3) is 0.500. The molecule has 0 heterocycles. The highest BCUT2D eigenvalue weighted by molar-refractivity contribution is 5.86. The number of aryl methyl sites for hydroxylation is 1. The van der Waals surface area contributed by atoms with Gasteiger partial charge in [0.05, 0.1) is 5.54 Å². The zero-order valence-corrected chi connectivity index (χ0v) is 10.3. The third kappa shape index (κ3) is 2.50. The molecule has 1 aliphatic rings. The first-order chi connectivity index (χ1) is 8.15. The summed E-state index contributed by atoms with van der Waals surface area (Å²) < 4.78 is 0. The van der Waals surface area contributed by atoms with Gasteiger partial charge in [0.25, 0.3) is 0 Å². The molecule has 0 aliphatic heterocycles. The Hall–Kier alpha value is -1.35. The lowest BCUT2D eigenvalue weighted by Gasteiger charge is -2.36. The average molecular weight is 232 g/mol. The average Bonchev–Trinajstić information content (AvgIpc) is 2.33. The normalized spacial score (nSPS) is 17.3. The number of carbonyl (C=O) groups is 1. The maximum atomic E-state index is 11.9. The SMILES string of the molecule is CCc1ccccc1CNC(=O)C1(N)CCC1. The monoisotopic (exact) mass is 232 g/mol. The van der Waals surface area contributed by atoms with Crippen molar-refractivity contribution in [3.8, 4) is 0 Å². The van der Waals surface area contributed by atoms with Crippen LogP contribution in [0.4, 0.5) is 0 Å². The van der Waals surface area contributed by atoms with Crippen LogP contribution in [0.3, 0.4) is 0 Å². The zero-order valence-electron chi connectivity index (χ0n) is 10.3. The van der Waals surface area contributed by atoms with Gasteiger partial charge in [-0.25, -0.2) is 0 Å². The van der Waals surface area contributed by atoms with Crippen molar-refractivity contribution < 1.29 is 4.79 Å². The summed E-state index contributed by atoms with van der Waals surface area (Å²) in [5, 5.41) is 2.95. The Morgan fingerprint density at radius 3 is 2.53 bits per heavy atom. The number of nitrogens with one attached hydrogen (secondary N) is 1. The largest absolute Gasteiger partial charge is 0.350 e. The second-order valence-corrected chi connectivity index (χ2v) is 4.81. The Bertz CT molecular complexity index is 410. The van der Waals surface area contributed by atoms with Crippen molar-refractivity contribution in [1.29, 1.82) is 0 Å². The number of amides is 1. The van der Waals surface area contributed by atoms with E-state index in [0.29, 0.717) is 6.54 Å². The maximum Gasteiger partial charge on any atom is 0.240 e. The number of benzene rings is 1. The first kappa shape index (κ1) is 12.1. The molecule has 1 fully saturated rings. The molecule has 3 heteroatoms. The highest BCUT2D eigenvalue weighted by atomic mass is 16.2. The molecule has 0 radical (unpaired) electrons. The maximum absolute atomic E-state index is 11.9. The molecule has 3 N–H and O–H groups in total. The lowest BCUT2D eigenvalue weighted by atomic mass is 9.77. The van der Waals surface area contributed by atoms with Crippen LogP contribution in [0.5, 0.6) is 0 Å². The molecule has 1 amide bonds. The summed E-state index contributed by atoms with van der Waals surface area (Å²) in [7, 11) is 0. The Morgan fingerprint density at radius 1 is 1.35 bits per heavy atom. The Balaban J connectivity index is 1.95. The van der Waals surface area contributed by atoms with Gasteiger partial charge < -0.3 is 11.1 Å². The first-order valence-corrected chi connectivity index (χ1v) is 6.30. The molecule has 0 saturated heterocycles. The van der Waals surface area contributed by atoms with Gasteiger partial charge in [0, 0.05) is 6.54 Å². The summed E-state index contributed by atoms with van der Waals surface area (Å²) in [5.74, 6) is -0.00495. The minimum absolute atomic E-state index is 0.00495. The summed E-state index contributed by atoms with van der Waals surface area (Å²) in [4.78, 5) is 11.9. The fourth-order valence-electron chi connectivity index (χ4n) is 2.21. The smallest absolute Gasteiger partial charge is 0.240 e. The molecule has 1 aliphatic carbocycles. The van der Waals surface area contributed by atoms with Gasteiger partial charge in [-0.2, -0.15) is 0 Å². The lowest BCUT2D eigenvalue weighted by Crippen LogP contribution is -2.58. The van der Waals surface area contributed by atoms with E-state index in [2.05, 4.69) is 24.4 Å². The van der Waals surface area contributed by atoms with E-state index in [9.17, 15) is 4.79 Å². The van der Waals surface area contributed by atoms with E-state index in [1.54, 1.807) is 0 Å². The minimum Gasteiger partial charge on any atom is -0.350 e. The molecule has 17 heavy (non-hydrogen) atoms. The highest BCUT2D eigenvalue weighted by Gasteiger charge is 2.39. The van der Waals surface area contributed by atoms with E-state index >= 15 is 0 Å². The molecule has 2 rings (SSSR count). The number of rotatable bonds is 4. The molecule has 92 valence electrons. The topological polar surface area (TPSA) is 55.1 Å². The number of carbonyl (C=O) groups excluding carboxylic acids is 1. The molecule has 0 unspecified atom stereocenters. The van der Waals surface area contributed by atoms with Crippen molar-refractivity contribution in [2.75, 3.05) is 0 Å². The summed E-state index contributed by atoms with van der Waals surface area (Å²) in [6, 6.07) is 8.19. The molecule has 0 bridgehead atoms. The number of nitrogens with two attached hydrogens (primary N) is 1. The van der Waals surface area contributed by atoms with E-state index in [-0.39, 0.29) is 5.91 Å². The first-order valence-electron chi connectivity index (χ1n) is 6.30. The van der Waals surface area contributed by atoms with E-state index in [1.807, 2.05) is 12.1 Å². The van der Waals surface area contributed by atoms with Crippen LogP contribution in [0.2, 0.25) is 0 Å². The third-order valence-electron chi connectivity index (χ3n) is 3.64. The Labute approximate surface area is 102 Å². The molecule has 0 aromatic heterocycles. The van der Waals surface area contributed by atoms with Crippen molar-refractivity contribution in [3.05, 3.63) is 35.4 Å². The predicted molar refractivity (Wildman–Crippen MR) is 68.4 cm³/mol. The third-order valence-corrected chi connectivity index (χ3v) is 3.64. The van der Waals surface area contributed by atoms with Crippen LogP contribution in [-0.2, 0) is 17.8 Å². The number of hydrogen-bond donors (Lipinski definition) is 2. The second kappa shape index (κ2) is 4.88. The summed E-state index contributed by atoms with van der Waals surface area (Å²) in [6.45, 7) is 2.71. The summed E-state index contributed by atoms with van der Waals surface area (Å²) in [6.07, 6.45) is 3.68. The van der Waals surface area contributed by atoms with Crippen LogP contribution < -0.4 is 11.1 Å². The van der Waals surface area contributed by atoms with Gasteiger partial charge in [0.2, 0.25) is 5.91 Å². The molecule has 1 aromatic rings. The Morgan fingerprint density at radius 2 is 2.00 bits per heavy atom. The second-order valence-electron chi connectivity index (χ2n) is 4.81. The highest BCUT2D eigenvalue weighted by Crippen LogP contribution is 2.29. The van der Waals surface area contributed by atoms with Crippen LogP contribution in [-0.4, -0.2) is 11.4 Å². The van der Waals surface area contributed by atoms with E-state index in [4.69, 9.17) is 5.73 Å². The van der Waals surface area contributed by atoms with Crippen molar-refractivity contribution in [2.24, 2.45) is 5.73 Å². The minimum atomic E-state index is -0.596. The van der Waals surface area contributed by atoms with Gasteiger partial charge in [-0.3, -0.25) is 4.79 Å². The summed E-state index contributed by atoms with van der Waals surface area (Å²) >= 11 is 0. The van der Waals surface area contributed by atoms with Crippen LogP contribution in [0, 0.1) is 0 Å². The van der Waals surface area contributed by atoms with Crippen molar-refractivity contribution >= 4 is 5.91 Å². The predicted octanol–water partition coefficient (Wildman–Crippen LogP) is 1.75. The lowest BCUT2D eigenvalue weighted by molar-refractivity contribution is -0.129. The molecular weight excluding hydrogens is 212 g/mol. The quantitative estimate of drug-likeness (QED) is 0.831.